The molecule has 1 atom stereocenters. The van der Waals surface area contributed by atoms with Crippen LogP contribution in [0.3, 0.4) is 0 Å². The maximum absolute atomic E-state index is 11.7. The van der Waals surface area contributed by atoms with Crippen LogP contribution in [0.15, 0.2) is 30.3 Å². The zero-order valence-corrected chi connectivity index (χ0v) is 12.1. The van der Waals surface area contributed by atoms with Crippen LogP contribution in [-0.4, -0.2) is 49.4 Å². The number of methoxy groups -OCH3 is 1. The number of amides is 2. The molecule has 0 radical (unpaired) electrons. The van der Waals surface area contributed by atoms with Crippen molar-refractivity contribution in [3.63, 3.8) is 0 Å². The number of hydrogen-bond acceptors (Lipinski definition) is 6. The largest absolute Gasteiger partial charge is 0.468 e. The third kappa shape index (κ3) is 6.23. The number of carbonyl (C=O) groups is 3. The average Bonchev–Trinajstić information content (AvgIpc) is 2.56. The lowest BCUT2D eigenvalue weighted by Crippen LogP contribution is -2.50. The van der Waals surface area contributed by atoms with E-state index in [-0.39, 0.29) is 13.2 Å². The van der Waals surface area contributed by atoms with Crippen molar-refractivity contribution >= 4 is 18.0 Å². The highest BCUT2D eigenvalue weighted by Gasteiger charge is 2.21. The third-order valence-corrected chi connectivity index (χ3v) is 2.64. The van der Waals surface area contributed by atoms with Crippen molar-refractivity contribution in [2.24, 2.45) is 0 Å². The van der Waals surface area contributed by atoms with Crippen molar-refractivity contribution in [1.29, 1.82) is 0 Å². The topological polar surface area (TPSA) is 114 Å². The molecule has 0 aliphatic heterocycles. The fraction of sp³-hybridized carbons (Fsp3) is 0.357. The number of carbonyl (C=O) groups excluding carboxylic acids is 3. The molecule has 1 aromatic rings. The Balaban J connectivity index is 2.39. The molecule has 8 heteroatoms. The lowest BCUT2D eigenvalue weighted by atomic mass is 10.2. The Morgan fingerprint density at radius 2 is 1.91 bits per heavy atom. The van der Waals surface area contributed by atoms with E-state index in [4.69, 9.17) is 9.84 Å². The van der Waals surface area contributed by atoms with Crippen molar-refractivity contribution in [1.82, 2.24) is 10.6 Å². The monoisotopic (exact) mass is 310 g/mol. The van der Waals surface area contributed by atoms with Crippen LogP contribution < -0.4 is 10.6 Å². The number of hydrogen-bond donors (Lipinski definition) is 3. The number of rotatable bonds is 7. The van der Waals surface area contributed by atoms with Gasteiger partial charge in [0.15, 0.2) is 0 Å². The van der Waals surface area contributed by atoms with E-state index >= 15 is 0 Å². The first-order valence-corrected chi connectivity index (χ1v) is 6.49. The summed E-state index contributed by atoms with van der Waals surface area (Å²) in [5.41, 5.74) is 0.786. The standard InChI is InChI=1S/C14H18N2O6/c1-21-12(18)7-15-13(19)11(8-17)16-14(20)22-9-10-5-3-2-4-6-10/h2-6,11,17H,7-9H2,1H3,(H,15,19)(H,16,20)/t11-/m0/s1. The molecule has 0 heterocycles. The van der Waals surface area contributed by atoms with Crippen molar-refractivity contribution < 1.29 is 29.0 Å². The fourth-order valence-corrected chi connectivity index (χ4v) is 1.46. The molecule has 22 heavy (non-hydrogen) atoms. The normalized spacial score (nSPS) is 11.2. The number of benzene rings is 1. The Hall–Kier alpha value is -2.61. The summed E-state index contributed by atoms with van der Waals surface area (Å²) in [6, 6.07) is 7.77. The van der Waals surface area contributed by atoms with Crippen LogP contribution in [0, 0.1) is 0 Å². The summed E-state index contributed by atoms with van der Waals surface area (Å²) in [5.74, 6) is -1.36. The predicted octanol–water partition coefficient (Wildman–Crippen LogP) is -0.437. The molecular weight excluding hydrogens is 292 g/mol. The van der Waals surface area contributed by atoms with E-state index in [0.29, 0.717) is 0 Å². The summed E-state index contributed by atoms with van der Waals surface area (Å²) in [6.45, 7) is -0.950. The first-order valence-electron chi connectivity index (χ1n) is 6.49. The summed E-state index contributed by atoms with van der Waals surface area (Å²) in [5, 5.41) is 13.5. The number of aliphatic hydroxyl groups excluding tert-OH is 1. The van der Waals surface area contributed by atoms with Gasteiger partial charge in [0.25, 0.3) is 0 Å². The van der Waals surface area contributed by atoms with Gasteiger partial charge in [0.2, 0.25) is 5.91 Å². The fourth-order valence-electron chi connectivity index (χ4n) is 1.46. The highest BCUT2D eigenvalue weighted by atomic mass is 16.5. The van der Waals surface area contributed by atoms with Crippen molar-refractivity contribution in [2.75, 3.05) is 20.3 Å². The summed E-state index contributed by atoms with van der Waals surface area (Å²) < 4.78 is 9.28. The smallest absolute Gasteiger partial charge is 0.408 e. The molecule has 0 aliphatic carbocycles. The van der Waals surface area contributed by atoms with Gasteiger partial charge in [-0.2, -0.15) is 0 Å². The van der Waals surface area contributed by atoms with Crippen LogP contribution in [0.1, 0.15) is 5.56 Å². The molecule has 0 aromatic heterocycles. The van der Waals surface area contributed by atoms with E-state index in [9.17, 15) is 14.4 Å². The summed E-state index contributed by atoms with van der Waals surface area (Å²) in [7, 11) is 1.18. The van der Waals surface area contributed by atoms with Gasteiger partial charge in [-0.1, -0.05) is 30.3 Å². The molecule has 0 bridgehead atoms. The van der Waals surface area contributed by atoms with Crippen LogP contribution >= 0.6 is 0 Å². The van der Waals surface area contributed by atoms with Crippen LogP contribution in [0.25, 0.3) is 0 Å². The molecule has 0 saturated carbocycles. The molecular formula is C14H18N2O6. The molecule has 120 valence electrons. The highest BCUT2D eigenvalue weighted by Crippen LogP contribution is 2.00. The van der Waals surface area contributed by atoms with Gasteiger partial charge in [-0.05, 0) is 5.56 Å². The molecule has 1 aromatic carbocycles. The van der Waals surface area contributed by atoms with Gasteiger partial charge in [0.05, 0.1) is 13.7 Å². The van der Waals surface area contributed by atoms with E-state index in [1.165, 1.54) is 7.11 Å². The van der Waals surface area contributed by atoms with Crippen LogP contribution in [-0.2, 0) is 25.7 Å². The van der Waals surface area contributed by atoms with Crippen LogP contribution in [0.5, 0.6) is 0 Å². The number of esters is 1. The van der Waals surface area contributed by atoms with Gasteiger partial charge in [0, 0.05) is 0 Å². The molecule has 0 spiro atoms. The Bertz CT molecular complexity index is 505. The molecule has 1 rings (SSSR count). The Kier molecular flexibility index (Phi) is 7.41. The number of nitrogens with one attached hydrogen (secondary N) is 2. The zero-order valence-electron chi connectivity index (χ0n) is 12.1. The maximum atomic E-state index is 11.7. The van der Waals surface area contributed by atoms with Crippen molar-refractivity contribution in [3.05, 3.63) is 35.9 Å². The predicted molar refractivity (Wildman–Crippen MR) is 75.7 cm³/mol. The molecule has 0 fully saturated rings. The summed E-state index contributed by atoms with van der Waals surface area (Å²) in [4.78, 5) is 34.1. The van der Waals surface area contributed by atoms with Crippen molar-refractivity contribution in [2.45, 2.75) is 12.6 Å². The highest BCUT2D eigenvalue weighted by molar-refractivity contribution is 5.88. The minimum absolute atomic E-state index is 0.0363. The zero-order chi connectivity index (χ0) is 16.4. The van der Waals surface area contributed by atoms with E-state index < -0.39 is 30.6 Å². The quantitative estimate of drug-likeness (QED) is 0.589. The molecule has 2 amide bonds. The first-order chi connectivity index (χ1) is 10.6. The van der Waals surface area contributed by atoms with Crippen molar-refractivity contribution in [3.8, 4) is 0 Å². The lowest BCUT2D eigenvalue weighted by Gasteiger charge is -2.15. The Labute approximate surface area is 127 Å². The average molecular weight is 310 g/mol. The van der Waals surface area contributed by atoms with Gasteiger partial charge >= 0.3 is 12.1 Å². The molecule has 0 saturated heterocycles. The second kappa shape index (κ2) is 9.35. The second-order valence-corrected chi connectivity index (χ2v) is 4.24. The van der Waals surface area contributed by atoms with E-state index in [1.807, 2.05) is 6.07 Å². The molecule has 0 unspecified atom stereocenters. The third-order valence-electron chi connectivity index (χ3n) is 2.64. The SMILES string of the molecule is COC(=O)CNC(=O)[C@H](CO)NC(=O)OCc1ccccc1. The Morgan fingerprint density at radius 1 is 1.23 bits per heavy atom. The number of ether oxygens (including phenoxy) is 2. The van der Waals surface area contributed by atoms with Gasteiger partial charge in [-0.3, -0.25) is 9.59 Å². The maximum Gasteiger partial charge on any atom is 0.408 e. The summed E-state index contributed by atoms with van der Waals surface area (Å²) >= 11 is 0. The first kappa shape index (κ1) is 17.4. The van der Waals surface area contributed by atoms with E-state index in [0.717, 1.165) is 5.56 Å². The van der Waals surface area contributed by atoms with Crippen LogP contribution in [0.2, 0.25) is 0 Å². The minimum atomic E-state index is -1.21. The number of alkyl carbamates (subject to hydrolysis) is 1. The summed E-state index contributed by atoms with van der Waals surface area (Å²) in [6.07, 6.45) is -0.851. The Morgan fingerprint density at radius 3 is 2.50 bits per heavy atom. The van der Waals surface area contributed by atoms with Gasteiger partial charge in [-0.15, -0.1) is 0 Å². The molecule has 0 aliphatic rings. The van der Waals surface area contributed by atoms with E-state index in [1.54, 1.807) is 24.3 Å². The number of aliphatic hydroxyl groups is 1. The van der Waals surface area contributed by atoms with Crippen LogP contribution in [0.4, 0.5) is 4.79 Å². The van der Waals surface area contributed by atoms with E-state index in [2.05, 4.69) is 15.4 Å². The second-order valence-electron chi connectivity index (χ2n) is 4.24. The van der Waals surface area contributed by atoms with Gasteiger partial charge < -0.3 is 25.2 Å². The lowest BCUT2D eigenvalue weighted by molar-refractivity contribution is -0.141. The minimum Gasteiger partial charge on any atom is -0.468 e. The van der Waals surface area contributed by atoms with Gasteiger partial charge in [0.1, 0.15) is 19.2 Å². The molecule has 3 N–H and O–H groups in total. The molecule has 8 nitrogen and oxygen atoms in total. The van der Waals surface area contributed by atoms with Gasteiger partial charge in [-0.25, -0.2) is 4.79 Å².